The number of benzene rings is 2. The number of carbonyl (C=O) groups is 1. The molecule has 1 aromatic heterocycles. The van der Waals surface area contributed by atoms with E-state index in [1.54, 1.807) is 6.07 Å². The van der Waals surface area contributed by atoms with Crippen LogP contribution >= 0.6 is 0 Å². The number of pyridine rings is 1. The van der Waals surface area contributed by atoms with Gasteiger partial charge in [0.15, 0.2) is 0 Å². The normalized spacial score (nSPS) is 10.0. The number of nitrogens with zero attached hydrogens (tertiary/aromatic N) is 2. The van der Waals surface area contributed by atoms with Gasteiger partial charge in [-0.25, -0.2) is 4.79 Å². The van der Waals surface area contributed by atoms with Crippen LogP contribution in [0.4, 0.5) is 0 Å². The van der Waals surface area contributed by atoms with Gasteiger partial charge in [0, 0.05) is 11.8 Å². The highest BCUT2D eigenvalue weighted by atomic mass is 16.4. The highest BCUT2D eigenvalue weighted by molar-refractivity contribution is 5.89. The Morgan fingerprint density at radius 3 is 2.48 bits per heavy atom. The molecule has 0 aliphatic rings. The van der Waals surface area contributed by atoms with Crippen molar-refractivity contribution in [3.05, 3.63) is 78.0 Å². The summed E-state index contributed by atoms with van der Waals surface area (Å²) in [5, 5.41) is 18.5. The summed E-state index contributed by atoms with van der Waals surface area (Å²) in [6, 6.07) is 20.2. The Morgan fingerprint density at radius 1 is 1.00 bits per heavy atom. The molecule has 0 spiro atoms. The van der Waals surface area contributed by atoms with Gasteiger partial charge in [0.25, 0.3) is 0 Å². The van der Waals surface area contributed by atoms with Crippen LogP contribution in [0.5, 0.6) is 0 Å². The summed E-state index contributed by atoms with van der Waals surface area (Å²) < 4.78 is 0. The molecule has 0 aliphatic heterocycles. The zero-order chi connectivity index (χ0) is 16.2. The molecule has 0 atom stereocenters. The fraction of sp³-hybridized carbons (Fsp3) is 0. The van der Waals surface area contributed by atoms with E-state index in [0.717, 1.165) is 11.1 Å². The number of hydrogen-bond acceptors (Lipinski definition) is 3. The van der Waals surface area contributed by atoms with Gasteiger partial charge in [0.2, 0.25) is 0 Å². The van der Waals surface area contributed by atoms with Crippen LogP contribution in [0.15, 0.2) is 66.9 Å². The second-order valence-electron chi connectivity index (χ2n) is 4.97. The van der Waals surface area contributed by atoms with Gasteiger partial charge in [0.05, 0.1) is 22.9 Å². The summed E-state index contributed by atoms with van der Waals surface area (Å²) in [7, 11) is 0. The molecule has 0 amide bonds. The molecule has 0 fully saturated rings. The third-order valence-electron chi connectivity index (χ3n) is 3.53. The lowest BCUT2D eigenvalue weighted by Gasteiger charge is -2.07. The molecular formula is C19H12N2O2. The average molecular weight is 300 g/mol. The molecule has 2 aromatic carbocycles. The summed E-state index contributed by atoms with van der Waals surface area (Å²) in [6.07, 6.45) is 1.45. The first kappa shape index (κ1) is 14.5. The van der Waals surface area contributed by atoms with Gasteiger partial charge in [-0.3, -0.25) is 4.98 Å². The van der Waals surface area contributed by atoms with E-state index in [2.05, 4.69) is 11.1 Å². The van der Waals surface area contributed by atoms with Crippen molar-refractivity contribution in [2.45, 2.75) is 0 Å². The van der Waals surface area contributed by atoms with E-state index in [1.165, 1.54) is 18.3 Å². The minimum atomic E-state index is -1.00. The third-order valence-corrected chi connectivity index (χ3v) is 3.53. The van der Waals surface area contributed by atoms with Crippen LogP contribution in [0.25, 0.3) is 22.4 Å². The van der Waals surface area contributed by atoms with Crippen molar-refractivity contribution in [3.8, 4) is 28.5 Å². The van der Waals surface area contributed by atoms with Crippen molar-refractivity contribution in [3.63, 3.8) is 0 Å². The number of hydrogen-bond donors (Lipinski definition) is 1. The van der Waals surface area contributed by atoms with Gasteiger partial charge >= 0.3 is 5.97 Å². The van der Waals surface area contributed by atoms with Crippen LogP contribution in [0.2, 0.25) is 0 Å². The van der Waals surface area contributed by atoms with E-state index < -0.39 is 5.97 Å². The summed E-state index contributed by atoms with van der Waals surface area (Å²) >= 11 is 0. The molecule has 4 nitrogen and oxygen atoms in total. The molecule has 1 N–H and O–H groups in total. The van der Waals surface area contributed by atoms with E-state index in [4.69, 9.17) is 5.11 Å². The molecule has 0 unspecified atom stereocenters. The number of aromatic carboxylic acids is 1. The van der Waals surface area contributed by atoms with E-state index in [0.29, 0.717) is 16.8 Å². The van der Waals surface area contributed by atoms with Crippen LogP contribution in [-0.4, -0.2) is 16.1 Å². The Bertz CT molecular complexity index is 912. The van der Waals surface area contributed by atoms with Crippen molar-refractivity contribution in [2.75, 3.05) is 0 Å². The van der Waals surface area contributed by atoms with Crippen molar-refractivity contribution in [1.82, 2.24) is 4.98 Å². The second kappa shape index (κ2) is 6.12. The zero-order valence-electron chi connectivity index (χ0n) is 12.1. The van der Waals surface area contributed by atoms with Crippen LogP contribution in [0.1, 0.15) is 15.9 Å². The molecule has 110 valence electrons. The standard InChI is InChI=1S/C19H12N2O2/c20-12-16-10-14(18-11-15(19(22)23)8-9-21-18)6-7-17(16)13-4-2-1-3-5-13/h1-11H,(H,22,23). The van der Waals surface area contributed by atoms with E-state index >= 15 is 0 Å². The summed E-state index contributed by atoms with van der Waals surface area (Å²) in [5.41, 5.74) is 3.73. The number of carboxylic acid groups (broad SMARTS) is 1. The first-order valence-electron chi connectivity index (χ1n) is 6.98. The molecule has 0 bridgehead atoms. The van der Waals surface area contributed by atoms with Gasteiger partial charge in [-0.1, -0.05) is 42.5 Å². The minimum Gasteiger partial charge on any atom is -0.478 e. The molecule has 0 saturated heterocycles. The van der Waals surface area contributed by atoms with Gasteiger partial charge < -0.3 is 5.11 Å². The second-order valence-corrected chi connectivity index (χ2v) is 4.97. The highest BCUT2D eigenvalue weighted by Gasteiger charge is 2.10. The highest BCUT2D eigenvalue weighted by Crippen LogP contribution is 2.28. The van der Waals surface area contributed by atoms with E-state index in [-0.39, 0.29) is 5.56 Å². The first-order chi connectivity index (χ1) is 11.2. The fourth-order valence-corrected chi connectivity index (χ4v) is 2.39. The predicted molar refractivity (Wildman–Crippen MR) is 86.8 cm³/mol. The summed E-state index contributed by atoms with van der Waals surface area (Å²) in [6.45, 7) is 0. The van der Waals surface area contributed by atoms with Gasteiger partial charge in [-0.15, -0.1) is 0 Å². The predicted octanol–water partition coefficient (Wildman–Crippen LogP) is 3.99. The number of nitriles is 1. The van der Waals surface area contributed by atoms with Crippen molar-refractivity contribution in [2.24, 2.45) is 0 Å². The molecule has 3 rings (SSSR count). The van der Waals surface area contributed by atoms with Crippen LogP contribution in [0.3, 0.4) is 0 Å². The van der Waals surface area contributed by atoms with Crippen molar-refractivity contribution < 1.29 is 9.90 Å². The van der Waals surface area contributed by atoms with Gasteiger partial charge in [0.1, 0.15) is 0 Å². The van der Waals surface area contributed by atoms with Crippen LogP contribution < -0.4 is 0 Å². The maximum atomic E-state index is 11.1. The zero-order valence-corrected chi connectivity index (χ0v) is 12.1. The average Bonchev–Trinajstić information content (AvgIpc) is 2.62. The summed E-state index contributed by atoms with van der Waals surface area (Å²) in [4.78, 5) is 15.3. The molecule has 4 heteroatoms. The SMILES string of the molecule is N#Cc1cc(-c2cc(C(=O)O)ccn2)ccc1-c1ccccc1. The molecule has 3 aromatic rings. The maximum Gasteiger partial charge on any atom is 0.335 e. The topological polar surface area (TPSA) is 74.0 Å². The molecule has 0 radical (unpaired) electrons. The Balaban J connectivity index is 2.08. The molecule has 0 saturated carbocycles. The first-order valence-corrected chi connectivity index (χ1v) is 6.98. The lowest BCUT2D eigenvalue weighted by atomic mass is 9.97. The number of rotatable bonds is 3. The van der Waals surface area contributed by atoms with Gasteiger partial charge in [-0.2, -0.15) is 5.26 Å². The van der Waals surface area contributed by atoms with Gasteiger partial charge in [-0.05, 0) is 29.3 Å². The fourth-order valence-electron chi connectivity index (χ4n) is 2.39. The van der Waals surface area contributed by atoms with Crippen molar-refractivity contribution >= 4 is 5.97 Å². The monoisotopic (exact) mass is 300 g/mol. The van der Waals surface area contributed by atoms with Crippen LogP contribution in [0, 0.1) is 11.3 Å². The maximum absolute atomic E-state index is 11.1. The van der Waals surface area contributed by atoms with Crippen LogP contribution in [-0.2, 0) is 0 Å². The molecular weight excluding hydrogens is 288 g/mol. The Morgan fingerprint density at radius 2 is 1.78 bits per heavy atom. The quantitative estimate of drug-likeness (QED) is 0.793. The molecule has 23 heavy (non-hydrogen) atoms. The number of aromatic nitrogens is 1. The number of carboxylic acids is 1. The van der Waals surface area contributed by atoms with E-state index in [9.17, 15) is 10.1 Å². The third kappa shape index (κ3) is 2.94. The smallest absolute Gasteiger partial charge is 0.335 e. The Kier molecular flexibility index (Phi) is 3.86. The summed E-state index contributed by atoms with van der Waals surface area (Å²) in [5.74, 6) is -1.00. The Labute approximate surface area is 133 Å². The largest absolute Gasteiger partial charge is 0.478 e. The Hall–Kier alpha value is -3.45. The van der Waals surface area contributed by atoms with E-state index in [1.807, 2.05) is 42.5 Å². The lowest BCUT2D eigenvalue weighted by Crippen LogP contribution is -1.97. The van der Waals surface area contributed by atoms with Crippen molar-refractivity contribution in [1.29, 1.82) is 5.26 Å². The molecule has 1 heterocycles. The molecule has 0 aliphatic carbocycles. The minimum absolute atomic E-state index is 0.167. The lowest BCUT2D eigenvalue weighted by molar-refractivity contribution is 0.0697.